The van der Waals surface area contributed by atoms with E-state index in [4.69, 9.17) is 4.74 Å². The fourth-order valence-electron chi connectivity index (χ4n) is 2.65. The average Bonchev–Trinajstić information content (AvgIpc) is 2.74. The number of carbonyl (C=O) groups is 1. The molecule has 1 aliphatic rings. The zero-order valence-electron chi connectivity index (χ0n) is 12.3. The van der Waals surface area contributed by atoms with Crippen LogP contribution in [-0.2, 0) is 0 Å². The van der Waals surface area contributed by atoms with Gasteiger partial charge in [0.1, 0.15) is 11.3 Å². The van der Waals surface area contributed by atoms with E-state index in [9.17, 15) is 10.1 Å². The van der Waals surface area contributed by atoms with Gasteiger partial charge in [-0.3, -0.25) is 0 Å². The molecule has 2 rings (SSSR count). The largest absolute Gasteiger partial charge is 0.497 e. The summed E-state index contributed by atoms with van der Waals surface area (Å²) in [5.41, 5.74) is -0.0532. The Kier molecular flexibility index (Phi) is 5.04. The number of carbonyl (C=O) groups excluding carboxylic acids is 1. The van der Waals surface area contributed by atoms with Gasteiger partial charge in [0.05, 0.1) is 13.2 Å². The average molecular weight is 287 g/mol. The summed E-state index contributed by atoms with van der Waals surface area (Å²) in [5.74, 6) is 0.734. The van der Waals surface area contributed by atoms with Crippen LogP contribution in [0.5, 0.6) is 5.75 Å². The summed E-state index contributed by atoms with van der Waals surface area (Å²) < 4.78 is 5.07. The Bertz CT molecular complexity index is 511. The summed E-state index contributed by atoms with van der Waals surface area (Å²) in [6, 6.07) is 9.07. The second-order valence-electron chi connectivity index (χ2n) is 5.42. The van der Waals surface area contributed by atoms with E-state index < -0.39 is 5.54 Å². The van der Waals surface area contributed by atoms with Crippen molar-refractivity contribution in [3.63, 3.8) is 0 Å². The zero-order chi connectivity index (χ0) is 15.1. The molecule has 0 atom stereocenters. The molecule has 0 spiro atoms. The van der Waals surface area contributed by atoms with Crippen LogP contribution in [0.4, 0.5) is 10.5 Å². The molecule has 0 bridgehead atoms. The Balaban J connectivity index is 1.97. The van der Waals surface area contributed by atoms with Gasteiger partial charge in [-0.2, -0.15) is 5.26 Å². The van der Waals surface area contributed by atoms with Crippen molar-refractivity contribution in [2.75, 3.05) is 12.4 Å². The first kappa shape index (κ1) is 15.2. The molecule has 1 fully saturated rings. The van der Waals surface area contributed by atoms with Crippen LogP contribution in [0.25, 0.3) is 0 Å². The SMILES string of the molecule is COc1ccc(NC(=O)NC2(C#N)CCCCCC2)cc1. The predicted molar refractivity (Wildman–Crippen MR) is 81.2 cm³/mol. The van der Waals surface area contributed by atoms with E-state index >= 15 is 0 Å². The summed E-state index contributed by atoms with van der Waals surface area (Å²) in [5, 5.41) is 15.1. The topological polar surface area (TPSA) is 74.2 Å². The van der Waals surface area contributed by atoms with E-state index in [1.54, 1.807) is 31.4 Å². The van der Waals surface area contributed by atoms with Crippen molar-refractivity contribution in [2.24, 2.45) is 0 Å². The number of amides is 2. The van der Waals surface area contributed by atoms with Crippen molar-refractivity contribution in [3.8, 4) is 11.8 Å². The van der Waals surface area contributed by atoms with Gasteiger partial charge in [0.25, 0.3) is 0 Å². The molecule has 2 amide bonds. The van der Waals surface area contributed by atoms with Crippen LogP contribution in [0.15, 0.2) is 24.3 Å². The minimum Gasteiger partial charge on any atom is -0.497 e. The van der Waals surface area contributed by atoms with Gasteiger partial charge in [-0.25, -0.2) is 4.79 Å². The summed E-state index contributed by atoms with van der Waals surface area (Å²) >= 11 is 0. The van der Waals surface area contributed by atoms with Crippen LogP contribution in [0.2, 0.25) is 0 Å². The number of hydrogen-bond acceptors (Lipinski definition) is 3. The first-order valence-electron chi connectivity index (χ1n) is 7.32. The first-order valence-corrected chi connectivity index (χ1v) is 7.32. The normalized spacial score (nSPS) is 17.1. The molecule has 0 radical (unpaired) electrons. The summed E-state index contributed by atoms with van der Waals surface area (Å²) in [6.45, 7) is 0. The van der Waals surface area contributed by atoms with Crippen molar-refractivity contribution < 1.29 is 9.53 Å². The van der Waals surface area contributed by atoms with Crippen molar-refractivity contribution in [2.45, 2.75) is 44.1 Å². The number of rotatable bonds is 3. The van der Waals surface area contributed by atoms with Crippen molar-refractivity contribution in [1.29, 1.82) is 5.26 Å². The molecular formula is C16H21N3O2. The van der Waals surface area contributed by atoms with Gasteiger partial charge in [-0.1, -0.05) is 25.7 Å². The second-order valence-corrected chi connectivity index (χ2v) is 5.42. The number of nitrogens with zero attached hydrogens (tertiary/aromatic N) is 1. The molecule has 1 saturated carbocycles. The molecular weight excluding hydrogens is 266 g/mol. The Morgan fingerprint density at radius 3 is 2.33 bits per heavy atom. The van der Waals surface area contributed by atoms with Crippen LogP contribution in [0.3, 0.4) is 0 Å². The van der Waals surface area contributed by atoms with Crippen molar-refractivity contribution in [1.82, 2.24) is 5.32 Å². The Labute approximate surface area is 125 Å². The number of methoxy groups -OCH3 is 1. The van der Waals surface area contributed by atoms with E-state index in [-0.39, 0.29) is 6.03 Å². The third kappa shape index (κ3) is 4.12. The lowest BCUT2D eigenvalue weighted by molar-refractivity contribution is 0.240. The lowest BCUT2D eigenvalue weighted by atomic mass is 9.92. The number of anilines is 1. The molecule has 21 heavy (non-hydrogen) atoms. The Morgan fingerprint density at radius 2 is 1.81 bits per heavy atom. The lowest BCUT2D eigenvalue weighted by Crippen LogP contribution is -2.48. The van der Waals surface area contributed by atoms with Gasteiger partial charge in [-0.15, -0.1) is 0 Å². The van der Waals surface area contributed by atoms with Crippen LogP contribution < -0.4 is 15.4 Å². The van der Waals surface area contributed by atoms with Crippen molar-refractivity contribution in [3.05, 3.63) is 24.3 Å². The maximum absolute atomic E-state index is 12.1. The predicted octanol–water partition coefficient (Wildman–Crippen LogP) is 3.43. The Hall–Kier alpha value is -2.22. The monoisotopic (exact) mass is 287 g/mol. The van der Waals surface area contributed by atoms with E-state index in [2.05, 4.69) is 16.7 Å². The molecule has 1 aliphatic carbocycles. The lowest BCUT2D eigenvalue weighted by Gasteiger charge is -2.26. The smallest absolute Gasteiger partial charge is 0.320 e. The van der Waals surface area contributed by atoms with Gasteiger partial charge >= 0.3 is 6.03 Å². The number of nitrogens with one attached hydrogen (secondary N) is 2. The minimum absolute atomic E-state index is 0.330. The molecule has 0 aliphatic heterocycles. The minimum atomic E-state index is -0.729. The fourth-order valence-corrected chi connectivity index (χ4v) is 2.65. The maximum atomic E-state index is 12.1. The number of nitriles is 1. The van der Waals surface area contributed by atoms with E-state index in [1.165, 1.54) is 0 Å². The number of urea groups is 1. The van der Waals surface area contributed by atoms with Crippen LogP contribution in [0, 0.1) is 11.3 Å². The third-order valence-corrected chi connectivity index (χ3v) is 3.87. The summed E-state index contributed by atoms with van der Waals surface area (Å²) in [4.78, 5) is 12.1. The summed E-state index contributed by atoms with van der Waals surface area (Å²) in [6.07, 6.45) is 5.67. The van der Waals surface area contributed by atoms with Gasteiger partial charge in [0.2, 0.25) is 0 Å². The highest BCUT2D eigenvalue weighted by atomic mass is 16.5. The zero-order valence-corrected chi connectivity index (χ0v) is 12.3. The van der Waals surface area contributed by atoms with Gasteiger partial charge in [-0.05, 0) is 37.1 Å². The molecule has 1 aromatic carbocycles. The summed E-state index contributed by atoms with van der Waals surface area (Å²) in [7, 11) is 1.60. The standard InChI is InChI=1S/C16H21N3O2/c1-21-14-8-6-13(7-9-14)18-15(20)19-16(12-17)10-4-2-3-5-11-16/h6-9H,2-5,10-11H2,1H3,(H2,18,19,20). The molecule has 0 saturated heterocycles. The van der Waals surface area contributed by atoms with E-state index in [1.807, 2.05) is 0 Å². The fraction of sp³-hybridized carbons (Fsp3) is 0.500. The molecule has 5 nitrogen and oxygen atoms in total. The molecule has 112 valence electrons. The second kappa shape index (κ2) is 6.98. The van der Waals surface area contributed by atoms with Crippen molar-refractivity contribution >= 4 is 11.7 Å². The van der Waals surface area contributed by atoms with E-state index in [0.29, 0.717) is 5.69 Å². The molecule has 5 heteroatoms. The van der Waals surface area contributed by atoms with Gasteiger partial charge in [0, 0.05) is 5.69 Å². The molecule has 2 N–H and O–H groups in total. The van der Waals surface area contributed by atoms with Crippen LogP contribution in [0.1, 0.15) is 38.5 Å². The van der Waals surface area contributed by atoms with Crippen LogP contribution >= 0.6 is 0 Å². The van der Waals surface area contributed by atoms with Gasteiger partial charge < -0.3 is 15.4 Å². The molecule has 0 unspecified atom stereocenters. The third-order valence-electron chi connectivity index (χ3n) is 3.87. The molecule has 0 aromatic heterocycles. The highest BCUT2D eigenvalue weighted by molar-refractivity contribution is 5.90. The highest BCUT2D eigenvalue weighted by Gasteiger charge is 2.32. The van der Waals surface area contributed by atoms with Crippen LogP contribution in [-0.4, -0.2) is 18.7 Å². The quantitative estimate of drug-likeness (QED) is 0.836. The molecule has 1 aromatic rings. The Morgan fingerprint density at radius 1 is 1.19 bits per heavy atom. The molecule has 0 heterocycles. The number of hydrogen-bond donors (Lipinski definition) is 2. The maximum Gasteiger partial charge on any atom is 0.320 e. The number of benzene rings is 1. The first-order chi connectivity index (χ1) is 10.2. The number of ether oxygens (including phenoxy) is 1. The van der Waals surface area contributed by atoms with E-state index in [0.717, 1.165) is 44.3 Å². The highest BCUT2D eigenvalue weighted by Crippen LogP contribution is 2.26. The van der Waals surface area contributed by atoms with Gasteiger partial charge in [0.15, 0.2) is 0 Å².